The number of carboxylic acid groups (broad SMARTS) is 2. The number of aliphatic imine (C=N–C) groups is 1. The van der Waals surface area contributed by atoms with Gasteiger partial charge in [-0.1, -0.05) is 41.9 Å². The summed E-state index contributed by atoms with van der Waals surface area (Å²) in [4.78, 5) is 54.7. The van der Waals surface area contributed by atoms with Gasteiger partial charge in [-0.15, -0.1) is 0 Å². The van der Waals surface area contributed by atoms with Crippen molar-refractivity contribution in [2.45, 2.75) is 44.8 Å². The van der Waals surface area contributed by atoms with E-state index < -0.39 is 29.9 Å². The molecule has 44 heavy (non-hydrogen) atoms. The SMILES string of the molecule is CC(=O)N1Cc2cc(NC(=Nc3ccc(Cl)cc3)NC#N)ccc2C1C(=O)NC(Cc1ccc(CCC(=O)O)cc1)C(=O)O. The summed E-state index contributed by atoms with van der Waals surface area (Å²) in [7, 11) is 0. The highest BCUT2D eigenvalue weighted by Crippen LogP contribution is 2.36. The van der Waals surface area contributed by atoms with E-state index in [1.165, 1.54) is 11.8 Å². The second kappa shape index (κ2) is 14.2. The molecular formula is C31H29ClN6O6. The molecule has 0 saturated heterocycles. The van der Waals surface area contributed by atoms with Gasteiger partial charge in [0.2, 0.25) is 17.8 Å². The Hall–Kier alpha value is -5.41. The van der Waals surface area contributed by atoms with Crippen molar-refractivity contribution in [3.05, 3.63) is 94.0 Å². The summed E-state index contributed by atoms with van der Waals surface area (Å²) in [5.74, 6) is -3.01. The molecule has 0 radical (unpaired) electrons. The van der Waals surface area contributed by atoms with Gasteiger partial charge in [-0.05, 0) is 65.1 Å². The van der Waals surface area contributed by atoms with Gasteiger partial charge in [0.25, 0.3) is 0 Å². The number of halogens is 1. The Morgan fingerprint density at radius 3 is 2.34 bits per heavy atom. The van der Waals surface area contributed by atoms with Gasteiger partial charge in [-0.25, -0.2) is 9.79 Å². The van der Waals surface area contributed by atoms with E-state index in [0.29, 0.717) is 39.5 Å². The van der Waals surface area contributed by atoms with E-state index in [1.54, 1.807) is 66.7 Å². The fraction of sp³-hybridized carbons (Fsp3) is 0.226. The second-order valence-electron chi connectivity index (χ2n) is 10.1. The van der Waals surface area contributed by atoms with Crippen molar-refractivity contribution in [3.63, 3.8) is 0 Å². The van der Waals surface area contributed by atoms with Crippen LogP contribution in [0.15, 0.2) is 71.7 Å². The predicted molar refractivity (Wildman–Crippen MR) is 162 cm³/mol. The van der Waals surface area contributed by atoms with Crippen LogP contribution in [0.25, 0.3) is 0 Å². The molecule has 2 unspecified atom stereocenters. The van der Waals surface area contributed by atoms with Gasteiger partial charge in [0.15, 0.2) is 6.19 Å². The Morgan fingerprint density at radius 1 is 1.05 bits per heavy atom. The molecule has 3 aromatic rings. The first-order valence-electron chi connectivity index (χ1n) is 13.5. The Kier molecular flexibility index (Phi) is 10.2. The molecule has 1 aliphatic heterocycles. The molecule has 0 fully saturated rings. The van der Waals surface area contributed by atoms with Gasteiger partial charge in [-0.3, -0.25) is 19.7 Å². The number of nitrogens with zero attached hydrogens (tertiary/aromatic N) is 3. The average molecular weight is 617 g/mol. The number of amides is 2. The van der Waals surface area contributed by atoms with Crippen LogP contribution in [0.2, 0.25) is 5.02 Å². The maximum Gasteiger partial charge on any atom is 0.326 e. The third kappa shape index (κ3) is 8.11. The maximum atomic E-state index is 13.5. The third-order valence-electron chi connectivity index (χ3n) is 6.95. The van der Waals surface area contributed by atoms with Crippen LogP contribution < -0.4 is 16.0 Å². The second-order valence-corrected chi connectivity index (χ2v) is 10.5. The number of carbonyl (C=O) groups is 4. The number of nitriles is 1. The highest BCUT2D eigenvalue weighted by atomic mass is 35.5. The Morgan fingerprint density at radius 2 is 1.73 bits per heavy atom. The molecule has 3 aromatic carbocycles. The van der Waals surface area contributed by atoms with Crippen molar-refractivity contribution in [2.75, 3.05) is 5.32 Å². The molecule has 4 rings (SSSR count). The summed E-state index contributed by atoms with van der Waals surface area (Å²) < 4.78 is 0. The number of fused-ring (bicyclic) bond motifs is 1. The standard InChI is InChI=1S/C31H29ClN6O6/c1-18(39)38-16-21-15-24(36-31(34-17-33)35-23-9-7-22(32)8-10-23)11-12-25(21)28(38)29(42)37-26(30(43)44)14-20-4-2-19(3-5-20)6-13-27(40)41/h2-5,7-12,15,26,28H,6,13-14,16H2,1H3,(H,37,42)(H,40,41)(H,43,44)(H2,34,35,36). The fourth-order valence-corrected chi connectivity index (χ4v) is 4.93. The number of carboxylic acids is 2. The Bertz CT molecular complexity index is 1630. The van der Waals surface area contributed by atoms with Crippen molar-refractivity contribution >= 4 is 52.7 Å². The number of hydrogen-bond donors (Lipinski definition) is 5. The minimum Gasteiger partial charge on any atom is -0.481 e. The highest BCUT2D eigenvalue weighted by Gasteiger charge is 2.38. The van der Waals surface area contributed by atoms with E-state index in [1.807, 2.05) is 6.19 Å². The predicted octanol–water partition coefficient (Wildman–Crippen LogP) is 3.74. The lowest BCUT2D eigenvalue weighted by Gasteiger charge is -2.25. The third-order valence-corrected chi connectivity index (χ3v) is 7.20. The quantitative estimate of drug-likeness (QED) is 0.0979. The zero-order valence-corrected chi connectivity index (χ0v) is 24.3. The number of hydrogen-bond acceptors (Lipinski definition) is 6. The Labute approximate surface area is 258 Å². The fourth-order valence-electron chi connectivity index (χ4n) is 4.81. The molecule has 0 aliphatic carbocycles. The first-order valence-corrected chi connectivity index (χ1v) is 13.9. The smallest absolute Gasteiger partial charge is 0.326 e. The molecular weight excluding hydrogens is 588 g/mol. The van der Waals surface area contributed by atoms with Gasteiger partial charge in [0.05, 0.1) is 5.69 Å². The van der Waals surface area contributed by atoms with Gasteiger partial charge < -0.3 is 25.7 Å². The zero-order valence-electron chi connectivity index (χ0n) is 23.6. The lowest BCUT2D eigenvalue weighted by atomic mass is 10.0. The minimum atomic E-state index is -1.27. The van der Waals surface area contributed by atoms with Crippen LogP contribution in [0.4, 0.5) is 11.4 Å². The van der Waals surface area contributed by atoms with E-state index in [0.717, 1.165) is 5.56 Å². The van der Waals surface area contributed by atoms with E-state index in [2.05, 4.69) is 20.9 Å². The maximum absolute atomic E-state index is 13.5. The van der Waals surface area contributed by atoms with Crippen LogP contribution in [0, 0.1) is 11.5 Å². The Balaban J connectivity index is 1.51. The van der Waals surface area contributed by atoms with Crippen molar-refractivity contribution in [2.24, 2.45) is 4.99 Å². The van der Waals surface area contributed by atoms with Crippen LogP contribution in [-0.4, -0.2) is 50.9 Å². The normalized spacial score (nSPS) is 14.6. The number of anilines is 1. The van der Waals surface area contributed by atoms with Crippen molar-refractivity contribution in [1.29, 1.82) is 5.26 Å². The summed E-state index contributed by atoms with van der Waals surface area (Å²) in [5.41, 5.74) is 3.73. The molecule has 0 aromatic heterocycles. The lowest BCUT2D eigenvalue weighted by molar-refractivity contribution is -0.144. The minimum absolute atomic E-state index is 0.00951. The first-order chi connectivity index (χ1) is 21.0. The lowest BCUT2D eigenvalue weighted by Crippen LogP contribution is -2.47. The number of guanidine groups is 1. The van der Waals surface area contributed by atoms with Gasteiger partial charge in [0.1, 0.15) is 12.1 Å². The van der Waals surface area contributed by atoms with Crippen LogP contribution >= 0.6 is 11.6 Å². The van der Waals surface area contributed by atoms with E-state index in [9.17, 15) is 29.5 Å². The monoisotopic (exact) mass is 616 g/mol. The molecule has 0 bridgehead atoms. The van der Waals surface area contributed by atoms with Crippen LogP contribution in [0.3, 0.4) is 0 Å². The van der Waals surface area contributed by atoms with Crippen LogP contribution in [0.1, 0.15) is 41.6 Å². The zero-order chi connectivity index (χ0) is 31.8. The molecule has 0 spiro atoms. The van der Waals surface area contributed by atoms with Crippen molar-refractivity contribution in [1.82, 2.24) is 15.5 Å². The highest BCUT2D eigenvalue weighted by molar-refractivity contribution is 6.30. The van der Waals surface area contributed by atoms with Gasteiger partial charge >= 0.3 is 11.9 Å². The molecule has 2 atom stereocenters. The number of rotatable bonds is 10. The largest absolute Gasteiger partial charge is 0.481 e. The van der Waals surface area contributed by atoms with E-state index in [4.69, 9.17) is 16.7 Å². The first kappa shape index (κ1) is 31.5. The molecule has 226 valence electrons. The summed E-state index contributed by atoms with van der Waals surface area (Å²) in [6.07, 6.45) is 2.15. The number of carbonyl (C=O) groups excluding carboxylic acids is 2. The molecule has 12 nitrogen and oxygen atoms in total. The van der Waals surface area contributed by atoms with Crippen molar-refractivity contribution in [3.8, 4) is 6.19 Å². The summed E-state index contributed by atoms with van der Waals surface area (Å²) in [5, 5.41) is 36.5. The van der Waals surface area contributed by atoms with Crippen molar-refractivity contribution < 1.29 is 29.4 Å². The summed E-state index contributed by atoms with van der Waals surface area (Å²) >= 11 is 5.93. The van der Waals surface area contributed by atoms with E-state index in [-0.39, 0.29) is 31.3 Å². The van der Waals surface area contributed by atoms with Crippen LogP contribution in [-0.2, 0) is 38.6 Å². The summed E-state index contributed by atoms with van der Waals surface area (Å²) in [6.45, 7) is 1.45. The summed E-state index contributed by atoms with van der Waals surface area (Å²) in [6, 6.07) is 16.3. The van der Waals surface area contributed by atoms with Gasteiger partial charge in [-0.2, -0.15) is 5.26 Å². The van der Waals surface area contributed by atoms with Crippen LogP contribution in [0.5, 0.6) is 0 Å². The van der Waals surface area contributed by atoms with Gasteiger partial charge in [0, 0.05) is 37.0 Å². The number of benzene rings is 3. The molecule has 1 heterocycles. The average Bonchev–Trinajstić information content (AvgIpc) is 3.37. The number of nitrogens with one attached hydrogen (secondary N) is 3. The number of aryl methyl sites for hydroxylation is 1. The molecule has 5 N–H and O–H groups in total. The topological polar surface area (TPSA) is 184 Å². The van der Waals surface area contributed by atoms with E-state index >= 15 is 0 Å². The molecule has 0 saturated carbocycles. The number of aliphatic carboxylic acids is 2. The molecule has 1 aliphatic rings. The molecule has 13 heteroatoms. The molecule has 2 amide bonds.